The number of anilines is 1. The Morgan fingerprint density at radius 3 is 2.74 bits per heavy atom. The highest BCUT2D eigenvalue weighted by Crippen LogP contribution is 2.26. The summed E-state index contributed by atoms with van der Waals surface area (Å²) < 4.78 is 27.9. The average molecular weight is 298 g/mol. The lowest BCUT2D eigenvalue weighted by Crippen LogP contribution is -2.45. The van der Waals surface area contributed by atoms with E-state index in [9.17, 15) is 8.42 Å². The summed E-state index contributed by atoms with van der Waals surface area (Å²) in [6.45, 7) is 1.15. The minimum absolute atomic E-state index is 0.502. The summed E-state index contributed by atoms with van der Waals surface area (Å²) in [6.07, 6.45) is 4.14. The highest BCUT2D eigenvalue weighted by Gasteiger charge is 2.27. The lowest BCUT2D eigenvalue weighted by Gasteiger charge is -2.29. The summed E-state index contributed by atoms with van der Waals surface area (Å²) in [5, 5.41) is 2.15. The van der Waals surface area contributed by atoms with Crippen molar-refractivity contribution in [1.29, 1.82) is 0 Å². The maximum absolute atomic E-state index is 12.0. The molecule has 0 spiro atoms. The fourth-order valence-electron chi connectivity index (χ4n) is 1.93. The lowest BCUT2D eigenvalue weighted by atomic mass is 10.1. The molecule has 100 valence electrons. The van der Waals surface area contributed by atoms with E-state index in [2.05, 4.69) is 9.71 Å². The molecule has 0 saturated carbocycles. The molecule has 1 aliphatic heterocycles. The van der Waals surface area contributed by atoms with Crippen LogP contribution in [0.1, 0.15) is 6.42 Å². The normalized spacial score (nSPS) is 16.3. The van der Waals surface area contributed by atoms with Gasteiger partial charge < -0.3 is 0 Å². The molecule has 1 saturated heterocycles. The van der Waals surface area contributed by atoms with Crippen molar-refractivity contribution < 1.29 is 8.42 Å². The number of hydrogen-bond acceptors (Lipinski definition) is 3. The first kappa shape index (κ1) is 12.7. The Balaban J connectivity index is 1.95. The van der Waals surface area contributed by atoms with Gasteiger partial charge in [0.05, 0.1) is 10.7 Å². The molecule has 5 nitrogen and oxygen atoms in total. The van der Waals surface area contributed by atoms with Gasteiger partial charge in [-0.05, 0) is 18.6 Å². The standard InChI is InChI=1S/C12H12ClN3O2S/c13-12-8-14-7-9-2-3-10(6-11(9)12)15-19(17,18)16-4-1-5-16/h2-3,6-8,15H,1,4-5H2. The van der Waals surface area contributed by atoms with Crippen molar-refractivity contribution in [2.75, 3.05) is 17.8 Å². The van der Waals surface area contributed by atoms with E-state index in [4.69, 9.17) is 11.6 Å². The van der Waals surface area contributed by atoms with Gasteiger partial charge in [0.15, 0.2) is 0 Å². The molecule has 7 heteroatoms. The van der Waals surface area contributed by atoms with Crippen molar-refractivity contribution >= 4 is 38.3 Å². The molecule has 1 N–H and O–H groups in total. The maximum atomic E-state index is 12.0. The second-order valence-corrected chi connectivity index (χ2v) is 6.49. The Hall–Kier alpha value is -1.37. The molecule has 0 unspecified atom stereocenters. The zero-order chi connectivity index (χ0) is 13.5. The summed E-state index contributed by atoms with van der Waals surface area (Å²) >= 11 is 6.05. The van der Waals surface area contributed by atoms with E-state index in [1.165, 1.54) is 10.5 Å². The Kier molecular flexibility index (Phi) is 3.08. The zero-order valence-corrected chi connectivity index (χ0v) is 11.6. The Morgan fingerprint density at radius 2 is 2.05 bits per heavy atom. The molecule has 1 fully saturated rings. The smallest absolute Gasteiger partial charge is 0.271 e. The molecule has 2 aromatic rings. The molecule has 0 amide bonds. The van der Waals surface area contributed by atoms with Crippen molar-refractivity contribution in [3.63, 3.8) is 0 Å². The fourth-order valence-corrected chi connectivity index (χ4v) is 3.45. The molecular weight excluding hydrogens is 286 g/mol. The summed E-state index contributed by atoms with van der Waals surface area (Å²) in [5.41, 5.74) is 0.507. The van der Waals surface area contributed by atoms with Gasteiger partial charge in [0.25, 0.3) is 0 Å². The van der Waals surface area contributed by atoms with E-state index < -0.39 is 10.2 Å². The fraction of sp³-hybridized carbons (Fsp3) is 0.250. The summed E-state index contributed by atoms with van der Waals surface area (Å²) in [4.78, 5) is 3.99. The third kappa shape index (κ3) is 2.39. The van der Waals surface area contributed by atoms with Crippen LogP contribution >= 0.6 is 11.6 Å². The number of nitrogens with one attached hydrogen (secondary N) is 1. The number of halogens is 1. The highest BCUT2D eigenvalue weighted by molar-refractivity contribution is 7.90. The van der Waals surface area contributed by atoms with Crippen molar-refractivity contribution in [3.05, 3.63) is 35.6 Å². The zero-order valence-electron chi connectivity index (χ0n) is 10.0. The van der Waals surface area contributed by atoms with E-state index in [1.807, 2.05) is 0 Å². The van der Waals surface area contributed by atoms with Gasteiger partial charge >= 0.3 is 10.2 Å². The molecule has 1 aliphatic rings. The van der Waals surface area contributed by atoms with Crippen LogP contribution in [0.25, 0.3) is 10.8 Å². The molecule has 2 heterocycles. The van der Waals surface area contributed by atoms with Crippen LogP contribution in [0.15, 0.2) is 30.6 Å². The number of benzene rings is 1. The van der Waals surface area contributed by atoms with Crippen molar-refractivity contribution in [1.82, 2.24) is 9.29 Å². The van der Waals surface area contributed by atoms with E-state index >= 15 is 0 Å². The van der Waals surface area contributed by atoms with Crippen LogP contribution < -0.4 is 4.72 Å². The average Bonchev–Trinajstić information content (AvgIpc) is 2.26. The predicted molar refractivity (Wildman–Crippen MR) is 75.5 cm³/mol. The Labute approximate surface area is 116 Å². The summed E-state index contributed by atoms with van der Waals surface area (Å²) in [7, 11) is -3.43. The quantitative estimate of drug-likeness (QED) is 0.945. The van der Waals surface area contributed by atoms with Gasteiger partial charge in [-0.2, -0.15) is 12.7 Å². The largest absolute Gasteiger partial charge is 0.301 e. The Morgan fingerprint density at radius 1 is 1.26 bits per heavy atom. The first-order valence-corrected chi connectivity index (χ1v) is 7.69. The molecular formula is C12H12ClN3O2S. The number of fused-ring (bicyclic) bond motifs is 1. The number of nitrogens with zero attached hydrogens (tertiary/aromatic N) is 2. The first-order chi connectivity index (χ1) is 9.06. The second-order valence-electron chi connectivity index (χ2n) is 4.42. The third-order valence-corrected chi connectivity index (χ3v) is 4.95. The van der Waals surface area contributed by atoms with Crippen LogP contribution in [0.5, 0.6) is 0 Å². The molecule has 3 rings (SSSR count). The number of pyridine rings is 1. The van der Waals surface area contributed by atoms with Crippen LogP contribution in [0.2, 0.25) is 5.02 Å². The van der Waals surface area contributed by atoms with Crippen molar-refractivity contribution in [3.8, 4) is 0 Å². The minimum atomic E-state index is -3.43. The summed E-state index contributed by atoms with van der Waals surface area (Å²) in [6, 6.07) is 5.22. The molecule has 0 radical (unpaired) electrons. The lowest BCUT2D eigenvalue weighted by molar-refractivity contribution is 0.311. The molecule has 0 bridgehead atoms. The van der Waals surface area contributed by atoms with Gasteiger partial charge in [0.2, 0.25) is 0 Å². The van der Waals surface area contributed by atoms with Gasteiger partial charge in [-0.1, -0.05) is 17.7 Å². The minimum Gasteiger partial charge on any atom is -0.271 e. The van der Waals surface area contributed by atoms with Gasteiger partial charge in [-0.3, -0.25) is 9.71 Å². The Bertz CT molecular complexity index is 729. The molecule has 0 aliphatic carbocycles. The van der Waals surface area contributed by atoms with Gasteiger partial charge in [0, 0.05) is 36.3 Å². The van der Waals surface area contributed by atoms with E-state index in [1.54, 1.807) is 24.4 Å². The monoisotopic (exact) mass is 297 g/mol. The van der Waals surface area contributed by atoms with Gasteiger partial charge in [-0.25, -0.2) is 0 Å². The van der Waals surface area contributed by atoms with Crippen LogP contribution in [0, 0.1) is 0 Å². The van der Waals surface area contributed by atoms with Crippen LogP contribution in [-0.4, -0.2) is 30.8 Å². The molecule has 0 atom stereocenters. The molecule has 19 heavy (non-hydrogen) atoms. The van der Waals surface area contributed by atoms with E-state index in [0.717, 1.165) is 17.2 Å². The number of hydrogen-bond donors (Lipinski definition) is 1. The second kappa shape index (κ2) is 4.63. The van der Waals surface area contributed by atoms with Gasteiger partial charge in [-0.15, -0.1) is 0 Å². The van der Waals surface area contributed by atoms with Crippen LogP contribution in [0.3, 0.4) is 0 Å². The predicted octanol–water partition coefficient (Wildman–Crippen LogP) is 2.25. The molecule has 1 aromatic carbocycles. The molecule has 1 aromatic heterocycles. The van der Waals surface area contributed by atoms with E-state index in [-0.39, 0.29) is 0 Å². The van der Waals surface area contributed by atoms with Crippen LogP contribution in [-0.2, 0) is 10.2 Å². The van der Waals surface area contributed by atoms with Crippen molar-refractivity contribution in [2.45, 2.75) is 6.42 Å². The highest BCUT2D eigenvalue weighted by atomic mass is 35.5. The number of aromatic nitrogens is 1. The topological polar surface area (TPSA) is 62.3 Å². The van der Waals surface area contributed by atoms with Crippen LogP contribution in [0.4, 0.5) is 5.69 Å². The van der Waals surface area contributed by atoms with E-state index in [0.29, 0.717) is 23.8 Å². The van der Waals surface area contributed by atoms with Gasteiger partial charge in [0.1, 0.15) is 0 Å². The third-order valence-electron chi connectivity index (χ3n) is 3.11. The maximum Gasteiger partial charge on any atom is 0.301 e. The first-order valence-electron chi connectivity index (χ1n) is 5.87. The summed E-state index contributed by atoms with van der Waals surface area (Å²) in [5.74, 6) is 0. The van der Waals surface area contributed by atoms with Crippen molar-refractivity contribution in [2.24, 2.45) is 0 Å². The number of rotatable bonds is 3. The SMILES string of the molecule is O=S(=O)(Nc1ccc2cncc(Cl)c2c1)N1CCC1.